The van der Waals surface area contributed by atoms with E-state index >= 15 is 0 Å². The van der Waals surface area contributed by atoms with Crippen LogP contribution in [0, 0.1) is 0 Å². The van der Waals surface area contributed by atoms with E-state index in [0.717, 1.165) is 12.0 Å². The van der Waals surface area contributed by atoms with Gasteiger partial charge in [-0.15, -0.1) is 0 Å². The number of nitrogens with zero attached hydrogens (tertiary/aromatic N) is 2. The molecule has 2 aromatic rings. The molecule has 2 heterocycles. The molecule has 1 aromatic heterocycles. The van der Waals surface area contributed by atoms with Crippen molar-refractivity contribution in [1.29, 1.82) is 0 Å². The predicted octanol–water partition coefficient (Wildman–Crippen LogP) is 3.09. The van der Waals surface area contributed by atoms with Gasteiger partial charge in [0.2, 0.25) is 5.91 Å². The zero-order valence-electron chi connectivity index (χ0n) is 17.0. The molecule has 0 spiro atoms. The molecule has 0 atom stereocenters. The van der Waals surface area contributed by atoms with Crippen LogP contribution in [-0.2, 0) is 16.0 Å². The minimum Gasteiger partial charge on any atom is -0.293 e. The van der Waals surface area contributed by atoms with E-state index in [0.29, 0.717) is 27.8 Å². The molecule has 0 aliphatic carbocycles. The average molecular weight is 455 g/mol. The Bertz CT molecular complexity index is 1010. The minimum absolute atomic E-state index is 0.144. The third-order valence-electron chi connectivity index (χ3n) is 4.60. The van der Waals surface area contributed by atoms with Gasteiger partial charge in [-0.05, 0) is 42.2 Å². The molecule has 1 aliphatic rings. The van der Waals surface area contributed by atoms with Gasteiger partial charge in [0.05, 0.1) is 4.91 Å². The molecule has 0 unspecified atom stereocenters. The molecule has 31 heavy (non-hydrogen) atoms. The lowest BCUT2D eigenvalue weighted by Gasteiger charge is -2.14. The summed E-state index contributed by atoms with van der Waals surface area (Å²) in [4.78, 5) is 42.5. The van der Waals surface area contributed by atoms with Gasteiger partial charge in [0.25, 0.3) is 11.8 Å². The number of aryl methyl sites for hydroxylation is 1. The normalized spacial score (nSPS) is 14.7. The summed E-state index contributed by atoms with van der Waals surface area (Å²) < 4.78 is 0.479. The van der Waals surface area contributed by atoms with Crippen LogP contribution >= 0.6 is 24.0 Å². The fraction of sp³-hybridized carbons (Fsp3) is 0.227. The van der Waals surface area contributed by atoms with Crippen LogP contribution in [0.2, 0.25) is 0 Å². The quantitative estimate of drug-likeness (QED) is 0.380. The summed E-state index contributed by atoms with van der Waals surface area (Å²) in [5.74, 6) is -0.926. The molecular formula is C22H22N4O3S2. The summed E-state index contributed by atoms with van der Waals surface area (Å²) in [6.07, 6.45) is 6.35. The van der Waals surface area contributed by atoms with Crippen molar-refractivity contribution in [1.82, 2.24) is 20.7 Å². The molecule has 0 radical (unpaired) electrons. The van der Waals surface area contributed by atoms with Gasteiger partial charge in [0.1, 0.15) is 4.32 Å². The maximum Gasteiger partial charge on any atom is 0.269 e. The Labute approximate surface area is 190 Å². The molecular weight excluding hydrogens is 432 g/mol. The Kier molecular flexibility index (Phi) is 7.91. The van der Waals surface area contributed by atoms with E-state index in [1.807, 2.05) is 30.3 Å². The smallest absolute Gasteiger partial charge is 0.269 e. The van der Waals surface area contributed by atoms with Crippen molar-refractivity contribution in [3.05, 3.63) is 70.4 Å². The highest BCUT2D eigenvalue weighted by molar-refractivity contribution is 8.26. The molecule has 3 rings (SSSR count). The molecule has 160 valence electrons. The summed E-state index contributed by atoms with van der Waals surface area (Å²) in [6, 6.07) is 11.1. The summed E-state index contributed by atoms with van der Waals surface area (Å²) in [5, 5.41) is 0. The van der Waals surface area contributed by atoms with Crippen LogP contribution in [-0.4, -0.2) is 38.5 Å². The molecule has 9 heteroatoms. The lowest BCUT2D eigenvalue weighted by atomic mass is 10.1. The highest BCUT2D eigenvalue weighted by Crippen LogP contribution is 2.32. The minimum atomic E-state index is -0.426. The van der Waals surface area contributed by atoms with E-state index in [9.17, 15) is 14.4 Å². The number of hydrogen-bond donors (Lipinski definition) is 2. The molecule has 0 saturated carbocycles. The van der Waals surface area contributed by atoms with Crippen LogP contribution in [0.5, 0.6) is 0 Å². The number of carbonyl (C=O) groups is 3. The first-order chi connectivity index (χ1) is 15.0. The Hall–Kier alpha value is -3.04. The van der Waals surface area contributed by atoms with Crippen LogP contribution in [0.3, 0.4) is 0 Å². The van der Waals surface area contributed by atoms with E-state index in [4.69, 9.17) is 12.2 Å². The molecule has 1 fully saturated rings. The van der Waals surface area contributed by atoms with Crippen molar-refractivity contribution in [3.63, 3.8) is 0 Å². The maximum atomic E-state index is 12.7. The molecule has 0 bridgehead atoms. The van der Waals surface area contributed by atoms with Crippen molar-refractivity contribution in [2.24, 2.45) is 0 Å². The highest BCUT2D eigenvalue weighted by Gasteiger charge is 2.31. The first-order valence-corrected chi connectivity index (χ1v) is 11.0. The second-order valence-corrected chi connectivity index (χ2v) is 8.45. The lowest BCUT2D eigenvalue weighted by Crippen LogP contribution is -2.41. The average Bonchev–Trinajstić information content (AvgIpc) is 3.05. The lowest BCUT2D eigenvalue weighted by molar-refractivity contribution is -0.124. The monoisotopic (exact) mass is 454 g/mol. The Morgan fingerprint density at radius 3 is 2.52 bits per heavy atom. The van der Waals surface area contributed by atoms with E-state index in [1.165, 1.54) is 34.6 Å². The standard InChI is InChI=1S/C22H22N4O3S2/c1-2-15-5-7-16(8-6-15)14-18-21(29)26(22(30)31-18)13-3-4-19(27)24-25-20(28)17-9-11-23-12-10-17/h5-12,14H,2-4,13H2,1H3,(H,24,27)(H,25,28)/b18-14+. The van der Waals surface area contributed by atoms with Gasteiger partial charge in [0.15, 0.2) is 0 Å². The number of thiocarbonyl (C=S) groups is 1. The third-order valence-corrected chi connectivity index (χ3v) is 5.98. The van der Waals surface area contributed by atoms with Crippen molar-refractivity contribution >= 4 is 52.1 Å². The van der Waals surface area contributed by atoms with E-state index in [2.05, 4.69) is 22.8 Å². The van der Waals surface area contributed by atoms with Crippen LogP contribution in [0.4, 0.5) is 0 Å². The molecule has 1 saturated heterocycles. The van der Waals surface area contributed by atoms with Crippen LogP contribution < -0.4 is 10.9 Å². The predicted molar refractivity (Wildman–Crippen MR) is 125 cm³/mol. The number of rotatable bonds is 7. The summed E-state index contributed by atoms with van der Waals surface area (Å²) in [5.41, 5.74) is 7.29. The van der Waals surface area contributed by atoms with Gasteiger partial charge in [-0.1, -0.05) is 55.2 Å². The molecule has 7 nitrogen and oxygen atoms in total. The van der Waals surface area contributed by atoms with E-state index < -0.39 is 5.91 Å². The Morgan fingerprint density at radius 2 is 1.84 bits per heavy atom. The number of hydrogen-bond acceptors (Lipinski definition) is 6. The molecule has 1 aliphatic heterocycles. The van der Waals surface area contributed by atoms with E-state index in [1.54, 1.807) is 12.1 Å². The largest absolute Gasteiger partial charge is 0.293 e. The zero-order valence-corrected chi connectivity index (χ0v) is 18.6. The molecule has 2 N–H and O–H groups in total. The summed E-state index contributed by atoms with van der Waals surface area (Å²) in [7, 11) is 0. The fourth-order valence-electron chi connectivity index (χ4n) is 2.86. The maximum absolute atomic E-state index is 12.7. The Morgan fingerprint density at radius 1 is 1.13 bits per heavy atom. The number of pyridine rings is 1. The topological polar surface area (TPSA) is 91.4 Å². The number of nitrogens with one attached hydrogen (secondary N) is 2. The van der Waals surface area contributed by atoms with Crippen LogP contribution in [0.1, 0.15) is 41.3 Å². The first-order valence-electron chi connectivity index (χ1n) is 9.81. The van der Waals surface area contributed by atoms with Gasteiger partial charge in [-0.25, -0.2) is 0 Å². The number of amides is 3. The SMILES string of the molecule is CCc1ccc(/C=C2/SC(=S)N(CCCC(=O)NNC(=O)c3ccncc3)C2=O)cc1. The second kappa shape index (κ2) is 10.8. The van der Waals surface area contributed by atoms with Crippen LogP contribution in [0.15, 0.2) is 53.7 Å². The highest BCUT2D eigenvalue weighted by atomic mass is 32.2. The molecule has 3 amide bonds. The van der Waals surface area contributed by atoms with Crippen LogP contribution in [0.25, 0.3) is 6.08 Å². The number of aromatic nitrogens is 1. The summed E-state index contributed by atoms with van der Waals surface area (Å²) >= 11 is 6.60. The number of carbonyl (C=O) groups excluding carboxylic acids is 3. The number of hydrazine groups is 1. The van der Waals surface area contributed by atoms with Crippen molar-refractivity contribution in [2.75, 3.05) is 6.54 Å². The van der Waals surface area contributed by atoms with Gasteiger partial charge in [-0.2, -0.15) is 0 Å². The van der Waals surface area contributed by atoms with Gasteiger partial charge >= 0.3 is 0 Å². The number of benzene rings is 1. The van der Waals surface area contributed by atoms with Gasteiger partial charge in [-0.3, -0.25) is 35.1 Å². The molecule has 1 aromatic carbocycles. The van der Waals surface area contributed by atoms with Gasteiger partial charge < -0.3 is 0 Å². The third kappa shape index (κ3) is 6.22. The fourth-order valence-corrected chi connectivity index (χ4v) is 4.16. The second-order valence-electron chi connectivity index (χ2n) is 6.77. The van der Waals surface area contributed by atoms with Crippen molar-refractivity contribution in [3.8, 4) is 0 Å². The summed E-state index contributed by atoms with van der Waals surface area (Å²) in [6.45, 7) is 2.43. The van der Waals surface area contributed by atoms with Crippen molar-refractivity contribution < 1.29 is 14.4 Å². The number of thioether (sulfide) groups is 1. The van der Waals surface area contributed by atoms with Gasteiger partial charge in [0, 0.05) is 30.9 Å². The van der Waals surface area contributed by atoms with E-state index in [-0.39, 0.29) is 18.2 Å². The first kappa shape index (κ1) is 22.6. The Balaban J connectivity index is 1.46. The van der Waals surface area contributed by atoms with Crippen molar-refractivity contribution in [2.45, 2.75) is 26.2 Å². The zero-order chi connectivity index (χ0) is 22.2.